The Morgan fingerprint density at radius 3 is 2.44 bits per heavy atom. The number of hydrogen-bond acceptors (Lipinski definition) is 3. The maximum absolute atomic E-state index is 13.5. The molecule has 0 aliphatic rings. The molecule has 6 nitrogen and oxygen atoms in total. The van der Waals surface area contributed by atoms with Crippen molar-refractivity contribution in [1.82, 2.24) is 4.72 Å². The van der Waals surface area contributed by atoms with Crippen molar-refractivity contribution in [2.24, 2.45) is 0 Å². The number of anilines is 1. The van der Waals surface area contributed by atoms with Gasteiger partial charge in [-0.25, -0.2) is 9.18 Å². The predicted octanol–water partition coefficient (Wildman–Crippen LogP) is 1.18. The van der Waals surface area contributed by atoms with E-state index in [2.05, 4.69) is 4.72 Å². The van der Waals surface area contributed by atoms with Crippen LogP contribution in [0.2, 0.25) is 0 Å². The van der Waals surface area contributed by atoms with E-state index in [9.17, 15) is 17.6 Å². The Kier molecular flexibility index (Phi) is 4.25. The van der Waals surface area contributed by atoms with Gasteiger partial charge in [0.25, 0.3) is 10.2 Å². The van der Waals surface area contributed by atoms with Gasteiger partial charge in [0.15, 0.2) is 0 Å². The summed E-state index contributed by atoms with van der Waals surface area (Å²) in [6, 6.07) is 2.57. The first-order valence-electron chi connectivity index (χ1n) is 5.04. The molecule has 0 aliphatic heterocycles. The molecular weight excluding hydrogens is 263 g/mol. The number of rotatable bonds is 5. The lowest BCUT2D eigenvalue weighted by atomic mass is 10.2. The Labute approximate surface area is 104 Å². The highest BCUT2D eigenvalue weighted by molar-refractivity contribution is 7.90. The summed E-state index contributed by atoms with van der Waals surface area (Å²) in [5.41, 5.74) is -0.569. The van der Waals surface area contributed by atoms with Crippen molar-refractivity contribution in [3.8, 4) is 0 Å². The SMILES string of the molecule is CC(C)NS(=O)(=O)Nc1ccc(C(=O)O)cc1F. The van der Waals surface area contributed by atoms with Crippen LogP contribution in [0.5, 0.6) is 0 Å². The third kappa shape index (κ3) is 3.97. The number of carboxylic acids is 1. The maximum atomic E-state index is 13.5. The second-order valence-electron chi connectivity index (χ2n) is 3.88. The normalized spacial score (nSPS) is 11.6. The Balaban J connectivity index is 2.96. The quantitative estimate of drug-likeness (QED) is 0.752. The fourth-order valence-electron chi connectivity index (χ4n) is 1.22. The Bertz CT molecular complexity index is 557. The highest BCUT2D eigenvalue weighted by Gasteiger charge is 2.15. The molecule has 1 rings (SSSR count). The molecule has 0 atom stereocenters. The molecule has 0 radical (unpaired) electrons. The summed E-state index contributed by atoms with van der Waals surface area (Å²) in [5, 5.41) is 8.63. The number of carbonyl (C=O) groups is 1. The first-order valence-corrected chi connectivity index (χ1v) is 6.52. The second kappa shape index (κ2) is 5.32. The number of hydrogen-bond donors (Lipinski definition) is 3. The van der Waals surface area contributed by atoms with Crippen LogP contribution in [0.25, 0.3) is 0 Å². The number of halogens is 1. The van der Waals surface area contributed by atoms with Gasteiger partial charge >= 0.3 is 5.97 Å². The zero-order valence-corrected chi connectivity index (χ0v) is 10.6. The fourth-order valence-corrected chi connectivity index (χ4v) is 2.35. The highest BCUT2D eigenvalue weighted by atomic mass is 32.2. The van der Waals surface area contributed by atoms with Gasteiger partial charge in [0.05, 0.1) is 11.3 Å². The molecule has 0 heterocycles. The minimum absolute atomic E-state index is 0.257. The zero-order valence-electron chi connectivity index (χ0n) is 9.77. The summed E-state index contributed by atoms with van der Waals surface area (Å²) < 4.78 is 40.6. The molecule has 0 unspecified atom stereocenters. The standard InChI is InChI=1S/C10H13FN2O4S/c1-6(2)12-18(16,17)13-9-4-3-7(10(14)15)5-8(9)11/h3-6,12-13H,1-2H3,(H,14,15). The van der Waals surface area contributed by atoms with Crippen molar-refractivity contribution >= 4 is 21.9 Å². The van der Waals surface area contributed by atoms with Crippen LogP contribution in [-0.4, -0.2) is 25.5 Å². The van der Waals surface area contributed by atoms with Gasteiger partial charge in [-0.15, -0.1) is 0 Å². The van der Waals surface area contributed by atoms with Crippen LogP contribution in [0.1, 0.15) is 24.2 Å². The van der Waals surface area contributed by atoms with Crippen LogP contribution < -0.4 is 9.44 Å². The van der Waals surface area contributed by atoms with E-state index in [0.717, 1.165) is 18.2 Å². The first kappa shape index (κ1) is 14.4. The van der Waals surface area contributed by atoms with Gasteiger partial charge in [-0.2, -0.15) is 13.1 Å². The van der Waals surface area contributed by atoms with E-state index in [0.29, 0.717) is 0 Å². The van der Waals surface area contributed by atoms with Crippen LogP contribution in [0, 0.1) is 5.82 Å². The molecule has 1 aromatic carbocycles. The molecule has 0 saturated heterocycles. The van der Waals surface area contributed by atoms with E-state index in [1.54, 1.807) is 13.8 Å². The van der Waals surface area contributed by atoms with Crippen molar-refractivity contribution in [2.45, 2.75) is 19.9 Å². The van der Waals surface area contributed by atoms with E-state index in [1.165, 1.54) is 0 Å². The highest BCUT2D eigenvalue weighted by Crippen LogP contribution is 2.16. The summed E-state index contributed by atoms with van der Waals surface area (Å²) in [4.78, 5) is 10.6. The van der Waals surface area contributed by atoms with Gasteiger partial charge < -0.3 is 5.11 Å². The Morgan fingerprint density at radius 2 is 2.00 bits per heavy atom. The van der Waals surface area contributed by atoms with E-state index in [4.69, 9.17) is 5.11 Å². The minimum Gasteiger partial charge on any atom is -0.478 e. The van der Waals surface area contributed by atoms with Gasteiger partial charge in [-0.3, -0.25) is 4.72 Å². The van der Waals surface area contributed by atoms with Crippen molar-refractivity contribution < 1.29 is 22.7 Å². The smallest absolute Gasteiger partial charge is 0.335 e. The number of nitrogens with one attached hydrogen (secondary N) is 2. The molecule has 100 valence electrons. The largest absolute Gasteiger partial charge is 0.478 e. The molecule has 1 aromatic rings. The van der Waals surface area contributed by atoms with Crippen LogP contribution >= 0.6 is 0 Å². The summed E-state index contributed by atoms with van der Waals surface area (Å²) in [6.45, 7) is 3.23. The van der Waals surface area contributed by atoms with Gasteiger partial charge in [-0.1, -0.05) is 0 Å². The van der Waals surface area contributed by atoms with Gasteiger partial charge in [0.2, 0.25) is 0 Å². The average Bonchev–Trinajstić information content (AvgIpc) is 2.18. The van der Waals surface area contributed by atoms with Crippen LogP contribution in [0.4, 0.5) is 10.1 Å². The number of aromatic carboxylic acids is 1. The molecular formula is C10H13FN2O4S. The number of carboxylic acid groups (broad SMARTS) is 1. The lowest BCUT2D eigenvalue weighted by Gasteiger charge is -2.12. The molecule has 0 fully saturated rings. The molecule has 0 saturated carbocycles. The zero-order chi connectivity index (χ0) is 13.9. The lowest BCUT2D eigenvalue weighted by Crippen LogP contribution is -2.35. The van der Waals surface area contributed by atoms with Gasteiger partial charge in [-0.05, 0) is 32.0 Å². The molecule has 0 spiro atoms. The lowest BCUT2D eigenvalue weighted by molar-refractivity contribution is 0.0696. The van der Waals surface area contributed by atoms with E-state index in [-0.39, 0.29) is 17.3 Å². The van der Waals surface area contributed by atoms with Gasteiger partial charge in [0.1, 0.15) is 5.82 Å². The molecule has 0 aromatic heterocycles. The molecule has 8 heteroatoms. The van der Waals surface area contributed by atoms with Crippen LogP contribution in [-0.2, 0) is 10.2 Å². The van der Waals surface area contributed by atoms with Crippen molar-refractivity contribution in [1.29, 1.82) is 0 Å². The first-order chi connectivity index (χ1) is 8.21. The summed E-state index contributed by atoms with van der Waals surface area (Å²) in [5.74, 6) is -2.24. The second-order valence-corrected chi connectivity index (χ2v) is 5.32. The third-order valence-corrected chi connectivity index (χ3v) is 3.12. The predicted molar refractivity (Wildman–Crippen MR) is 64.2 cm³/mol. The fraction of sp³-hybridized carbons (Fsp3) is 0.300. The van der Waals surface area contributed by atoms with Crippen molar-refractivity contribution in [3.05, 3.63) is 29.6 Å². The topological polar surface area (TPSA) is 95.5 Å². The Hall–Kier alpha value is -1.67. The monoisotopic (exact) mass is 276 g/mol. The molecule has 18 heavy (non-hydrogen) atoms. The van der Waals surface area contributed by atoms with E-state index in [1.807, 2.05) is 4.72 Å². The summed E-state index contributed by atoms with van der Waals surface area (Å²) in [6.07, 6.45) is 0. The van der Waals surface area contributed by atoms with E-state index >= 15 is 0 Å². The molecule has 0 bridgehead atoms. The molecule has 0 aliphatic carbocycles. The molecule has 0 amide bonds. The number of benzene rings is 1. The Morgan fingerprint density at radius 1 is 1.39 bits per heavy atom. The minimum atomic E-state index is -3.88. The molecule has 3 N–H and O–H groups in total. The van der Waals surface area contributed by atoms with Crippen LogP contribution in [0.15, 0.2) is 18.2 Å². The average molecular weight is 276 g/mol. The maximum Gasteiger partial charge on any atom is 0.335 e. The summed E-state index contributed by atoms with van der Waals surface area (Å²) in [7, 11) is -3.88. The van der Waals surface area contributed by atoms with E-state index < -0.39 is 22.0 Å². The van der Waals surface area contributed by atoms with Crippen molar-refractivity contribution in [2.75, 3.05) is 4.72 Å². The van der Waals surface area contributed by atoms with Crippen molar-refractivity contribution in [3.63, 3.8) is 0 Å². The third-order valence-electron chi connectivity index (χ3n) is 1.85. The van der Waals surface area contributed by atoms with Crippen LogP contribution in [0.3, 0.4) is 0 Å². The van der Waals surface area contributed by atoms with Gasteiger partial charge in [0, 0.05) is 6.04 Å². The summed E-state index contributed by atoms with van der Waals surface area (Å²) >= 11 is 0.